The Morgan fingerprint density at radius 1 is 1.02 bits per heavy atom. The normalized spacial score (nSPS) is 16.2. The summed E-state index contributed by atoms with van der Waals surface area (Å²) in [6.45, 7) is 2.20. The fraction of sp³-hybridized carbons (Fsp3) is 0.343. The number of aromatic nitrogens is 1. The number of nitrogens with zero attached hydrogens (tertiary/aromatic N) is 2. The minimum absolute atomic E-state index is 0.0208. The molecule has 5 rings (SSSR count). The third kappa shape index (κ3) is 8.82. The Labute approximate surface area is 278 Å². The molecule has 3 aromatic carbocycles. The van der Waals surface area contributed by atoms with Gasteiger partial charge in [-0.05, 0) is 61.6 Å². The van der Waals surface area contributed by atoms with Crippen LogP contribution < -0.4 is 10.6 Å². The van der Waals surface area contributed by atoms with Gasteiger partial charge in [0, 0.05) is 47.4 Å². The number of likely N-dealkylation sites (tertiary alicyclic amines) is 1. The standard InChI is InChI=1S/C35H35F5N4O3S/c1-21-20-48-33(42-21)29-11-6-12-44(29)34(47)26-16-24(31(36)37)15-25(17-26)32(46)43-28(14-22-7-3-2-4-8-22)30(45)19-41-18-23-9-5-10-27(13-23)35(38,39)40/h2-5,7-10,13,15-17,20,28-31,41,45H,6,11-12,14,18-19H2,1H3,(H,43,46)/t28-,29+,30+/m0/s1. The van der Waals surface area contributed by atoms with E-state index in [-0.39, 0.29) is 36.7 Å². The van der Waals surface area contributed by atoms with Gasteiger partial charge in [0.15, 0.2) is 0 Å². The van der Waals surface area contributed by atoms with Gasteiger partial charge in [0.05, 0.1) is 23.8 Å². The third-order valence-electron chi connectivity index (χ3n) is 8.17. The molecule has 1 aliphatic rings. The van der Waals surface area contributed by atoms with Crippen LogP contribution in [0.25, 0.3) is 0 Å². The van der Waals surface area contributed by atoms with Gasteiger partial charge in [0.25, 0.3) is 18.2 Å². The number of thiazole rings is 1. The van der Waals surface area contributed by atoms with Crippen molar-refractivity contribution in [2.75, 3.05) is 13.1 Å². The number of hydrogen-bond acceptors (Lipinski definition) is 6. The summed E-state index contributed by atoms with van der Waals surface area (Å²) in [7, 11) is 0. The molecule has 2 heterocycles. The zero-order valence-corrected chi connectivity index (χ0v) is 26.8. The quantitative estimate of drug-likeness (QED) is 0.141. The number of carbonyl (C=O) groups excluding carboxylic acids is 2. The van der Waals surface area contributed by atoms with Crippen LogP contribution in [0.4, 0.5) is 22.0 Å². The molecule has 1 aliphatic heterocycles. The minimum Gasteiger partial charge on any atom is -0.390 e. The molecule has 0 aliphatic carbocycles. The number of halogens is 5. The van der Waals surface area contributed by atoms with E-state index >= 15 is 0 Å². The van der Waals surface area contributed by atoms with Crippen LogP contribution in [0.5, 0.6) is 0 Å². The van der Waals surface area contributed by atoms with Crippen LogP contribution in [0.15, 0.2) is 78.2 Å². The lowest BCUT2D eigenvalue weighted by molar-refractivity contribution is -0.137. The second kappa shape index (κ2) is 15.3. The van der Waals surface area contributed by atoms with Crippen LogP contribution in [0.3, 0.4) is 0 Å². The molecule has 0 unspecified atom stereocenters. The predicted octanol–water partition coefficient (Wildman–Crippen LogP) is 6.88. The first-order chi connectivity index (χ1) is 22.9. The summed E-state index contributed by atoms with van der Waals surface area (Å²) in [5, 5.41) is 19.5. The molecule has 254 valence electrons. The highest BCUT2D eigenvalue weighted by molar-refractivity contribution is 7.09. The van der Waals surface area contributed by atoms with E-state index in [0.29, 0.717) is 18.5 Å². The Morgan fingerprint density at radius 2 is 1.75 bits per heavy atom. The Balaban J connectivity index is 1.34. The van der Waals surface area contributed by atoms with Crippen molar-refractivity contribution < 1.29 is 36.6 Å². The maximum Gasteiger partial charge on any atom is 0.416 e. The molecule has 0 saturated carbocycles. The van der Waals surface area contributed by atoms with Gasteiger partial charge < -0.3 is 20.6 Å². The average molecular weight is 687 g/mol. The molecule has 1 saturated heterocycles. The molecule has 7 nitrogen and oxygen atoms in total. The summed E-state index contributed by atoms with van der Waals surface area (Å²) in [5.41, 5.74) is 0.446. The van der Waals surface area contributed by atoms with Gasteiger partial charge in [-0.3, -0.25) is 9.59 Å². The second-order valence-corrected chi connectivity index (χ2v) is 12.7. The Kier molecular flexibility index (Phi) is 11.2. The first kappa shape index (κ1) is 35.1. The van der Waals surface area contributed by atoms with Crippen molar-refractivity contribution in [3.8, 4) is 0 Å². The van der Waals surface area contributed by atoms with Gasteiger partial charge in [-0.2, -0.15) is 13.2 Å². The molecule has 0 bridgehead atoms. The molecule has 48 heavy (non-hydrogen) atoms. The molecule has 0 spiro atoms. The summed E-state index contributed by atoms with van der Waals surface area (Å²) in [4.78, 5) is 33.4. The van der Waals surface area contributed by atoms with Gasteiger partial charge in [-0.15, -0.1) is 11.3 Å². The highest BCUT2D eigenvalue weighted by atomic mass is 32.1. The van der Waals surface area contributed by atoms with Gasteiger partial charge >= 0.3 is 6.18 Å². The lowest BCUT2D eigenvalue weighted by Crippen LogP contribution is -2.48. The van der Waals surface area contributed by atoms with Gasteiger partial charge in [-0.25, -0.2) is 13.8 Å². The van der Waals surface area contributed by atoms with Gasteiger partial charge in [-0.1, -0.05) is 48.5 Å². The van der Waals surface area contributed by atoms with Crippen molar-refractivity contribution in [1.29, 1.82) is 0 Å². The van der Waals surface area contributed by atoms with Crippen molar-refractivity contribution in [3.63, 3.8) is 0 Å². The molecule has 3 atom stereocenters. The van der Waals surface area contributed by atoms with Crippen molar-refractivity contribution in [2.45, 2.75) is 63.5 Å². The maximum atomic E-state index is 14.0. The summed E-state index contributed by atoms with van der Waals surface area (Å²) in [5.74, 6) is -1.25. The number of rotatable bonds is 12. The predicted molar refractivity (Wildman–Crippen MR) is 172 cm³/mol. The fourth-order valence-corrected chi connectivity index (χ4v) is 6.70. The van der Waals surface area contributed by atoms with E-state index < -0.39 is 47.7 Å². The van der Waals surface area contributed by atoms with E-state index in [1.165, 1.54) is 29.5 Å². The van der Waals surface area contributed by atoms with Crippen LogP contribution in [0.2, 0.25) is 0 Å². The second-order valence-electron chi connectivity index (χ2n) is 11.8. The smallest absolute Gasteiger partial charge is 0.390 e. The first-order valence-electron chi connectivity index (χ1n) is 15.4. The number of nitrogens with one attached hydrogen (secondary N) is 2. The van der Waals surface area contributed by atoms with Crippen molar-refractivity contribution in [3.05, 3.63) is 122 Å². The lowest BCUT2D eigenvalue weighted by atomic mass is 9.99. The molecule has 13 heteroatoms. The van der Waals surface area contributed by atoms with Crippen LogP contribution in [-0.2, 0) is 19.1 Å². The molecule has 0 radical (unpaired) electrons. The number of aryl methyl sites for hydroxylation is 1. The topological polar surface area (TPSA) is 94.6 Å². The summed E-state index contributed by atoms with van der Waals surface area (Å²) in [6.07, 6.45) is -7.10. The number of aliphatic hydroxyl groups is 1. The van der Waals surface area contributed by atoms with Crippen molar-refractivity contribution in [1.82, 2.24) is 20.5 Å². The van der Waals surface area contributed by atoms with E-state index in [0.717, 1.165) is 47.0 Å². The molecule has 1 fully saturated rings. The van der Waals surface area contributed by atoms with E-state index in [9.17, 15) is 36.6 Å². The SMILES string of the molecule is Cc1csc([C@H]2CCCN2C(=O)c2cc(C(=O)N[C@@H](Cc3ccccc3)[C@H](O)CNCc3cccc(C(F)(F)F)c3)cc(C(F)F)c2)n1. The summed E-state index contributed by atoms with van der Waals surface area (Å²) in [6, 6.07) is 16.0. The van der Waals surface area contributed by atoms with E-state index in [2.05, 4.69) is 15.6 Å². The zero-order chi connectivity index (χ0) is 34.4. The van der Waals surface area contributed by atoms with Crippen LogP contribution in [0.1, 0.15) is 79.0 Å². The van der Waals surface area contributed by atoms with E-state index in [4.69, 9.17) is 0 Å². The van der Waals surface area contributed by atoms with Crippen molar-refractivity contribution >= 4 is 23.2 Å². The lowest BCUT2D eigenvalue weighted by Gasteiger charge is -2.26. The van der Waals surface area contributed by atoms with Crippen LogP contribution in [-0.4, -0.2) is 52.0 Å². The highest BCUT2D eigenvalue weighted by Gasteiger charge is 2.34. The molecule has 2 amide bonds. The molecule has 3 N–H and O–H groups in total. The number of hydrogen-bond donors (Lipinski definition) is 3. The Morgan fingerprint density at radius 3 is 2.44 bits per heavy atom. The van der Waals surface area contributed by atoms with Gasteiger partial charge in [0.1, 0.15) is 5.01 Å². The average Bonchev–Trinajstić information content (AvgIpc) is 3.73. The summed E-state index contributed by atoms with van der Waals surface area (Å²) < 4.78 is 67.5. The minimum atomic E-state index is -4.50. The van der Waals surface area contributed by atoms with Crippen LogP contribution >= 0.6 is 11.3 Å². The highest BCUT2D eigenvalue weighted by Crippen LogP contribution is 2.35. The number of aliphatic hydroxyl groups excluding tert-OH is 1. The molecule has 1 aromatic heterocycles. The zero-order valence-electron chi connectivity index (χ0n) is 26.0. The van der Waals surface area contributed by atoms with E-state index in [1.807, 2.05) is 12.3 Å². The molecular weight excluding hydrogens is 651 g/mol. The Hall–Kier alpha value is -4.20. The molecule has 4 aromatic rings. The maximum absolute atomic E-state index is 14.0. The van der Waals surface area contributed by atoms with E-state index in [1.54, 1.807) is 35.2 Å². The summed E-state index contributed by atoms with van der Waals surface area (Å²) >= 11 is 1.43. The van der Waals surface area contributed by atoms with Crippen LogP contribution in [0, 0.1) is 6.92 Å². The molecular formula is C35H35F5N4O3S. The number of alkyl halides is 5. The fourth-order valence-electron chi connectivity index (χ4n) is 5.76. The third-order valence-corrected chi connectivity index (χ3v) is 9.23. The van der Waals surface area contributed by atoms with Crippen molar-refractivity contribution in [2.24, 2.45) is 0 Å². The number of carbonyl (C=O) groups is 2. The number of amides is 2. The Bertz CT molecular complexity index is 1720. The first-order valence-corrected chi connectivity index (χ1v) is 16.3. The monoisotopic (exact) mass is 686 g/mol. The van der Waals surface area contributed by atoms with Gasteiger partial charge in [0.2, 0.25) is 0 Å². The number of benzene rings is 3. The largest absolute Gasteiger partial charge is 0.416 e.